The van der Waals surface area contributed by atoms with Gasteiger partial charge in [-0.05, 0) is 54.6 Å². The SMILES string of the molecule is O=C(NCC1CCCC(CNC(=O)OCC2CSC(=O)O2)C1)OCC1CSC(=O)O1. The Labute approximate surface area is 182 Å². The predicted octanol–water partition coefficient (Wildman–Crippen LogP) is 2.75. The van der Waals surface area contributed by atoms with Crippen LogP contribution in [-0.4, -0.2) is 72.8 Å². The summed E-state index contributed by atoms with van der Waals surface area (Å²) in [7, 11) is 0. The summed E-state index contributed by atoms with van der Waals surface area (Å²) in [5.41, 5.74) is 0. The van der Waals surface area contributed by atoms with Crippen LogP contribution in [0, 0.1) is 11.8 Å². The molecular formula is C18H26N2O8S2. The smallest absolute Gasteiger partial charge is 0.407 e. The zero-order valence-electron chi connectivity index (χ0n) is 16.5. The molecule has 4 atom stereocenters. The first-order valence-electron chi connectivity index (χ1n) is 9.96. The summed E-state index contributed by atoms with van der Waals surface area (Å²) in [4.78, 5) is 45.7. The van der Waals surface area contributed by atoms with Crippen molar-refractivity contribution in [3.63, 3.8) is 0 Å². The molecule has 0 radical (unpaired) electrons. The number of cyclic esters (lactones) is 2. The molecule has 0 aromatic rings. The Hall–Kier alpha value is -1.82. The number of hydrogen-bond acceptors (Lipinski definition) is 10. The van der Waals surface area contributed by atoms with Crippen molar-refractivity contribution in [2.75, 3.05) is 37.8 Å². The lowest BCUT2D eigenvalue weighted by Gasteiger charge is -2.29. The summed E-state index contributed by atoms with van der Waals surface area (Å²) < 4.78 is 20.1. The summed E-state index contributed by atoms with van der Waals surface area (Å²) in [5.74, 6) is 1.61. The molecule has 2 saturated heterocycles. The molecule has 2 N–H and O–H groups in total. The van der Waals surface area contributed by atoms with Crippen molar-refractivity contribution in [3.8, 4) is 0 Å². The minimum atomic E-state index is -0.516. The highest BCUT2D eigenvalue weighted by atomic mass is 32.2. The molecule has 10 nitrogen and oxygen atoms in total. The van der Waals surface area contributed by atoms with E-state index in [1.807, 2.05) is 0 Å². The summed E-state index contributed by atoms with van der Waals surface area (Å²) in [6.07, 6.45) is 2.12. The second-order valence-corrected chi connectivity index (χ2v) is 9.37. The molecule has 1 aliphatic carbocycles. The second kappa shape index (κ2) is 11.5. The fourth-order valence-electron chi connectivity index (χ4n) is 3.56. The van der Waals surface area contributed by atoms with E-state index < -0.39 is 12.2 Å². The zero-order chi connectivity index (χ0) is 21.3. The monoisotopic (exact) mass is 462 g/mol. The van der Waals surface area contributed by atoms with E-state index in [-0.39, 0.29) is 36.0 Å². The maximum Gasteiger partial charge on any atom is 0.407 e. The largest absolute Gasteiger partial charge is 0.450 e. The van der Waals surface area contributed by atoms with Gasteiger partial charge in [0.25, 0.3) is 0 Å². The van der Waals surface area contributed by atoms with Crippen LogP contribution in [0.15, 0.2) is 0 Å². The molecule has 0 spiro atoms. The summed E-state index contributed by atoms with van der Waals surface area (Å²) in [5, 5.41) is 4.85. The molecule has 0 aromatic carbocycles. The minimum Gasteiger partial charge on any atom is -0.450 e. The van der Waals surface area contributed by atoms with Crippen LogP contribution >= 0.6 is 23.5 Å². The Morgan fingerprint density at radius 2 is 1.33 bits per heavy atom. The van der Waals surface area contributed by atoms with E-state index in [2.05, 4.69) is 10.6 Å². The van der Waals surface area contributed by atoms with Crippen molar-refractivity contribution < 1.29 is 38.1 Å². The molecule has 0 aromatic heterocycles. The molecule has 12 heteroatoms. The average molecular weight is 463 g/mol. The molecule has 4 unspecified atom stereocenters. The Morgan fingerprint density at radius 3 is 1.73 bits per heavy atom. The van der Waals surface area contributed by atoms with Gasteiger partial charge in [-0.1, -0.05) is 6.42 Å². The van der Waals surface area contributed by atoms with Crippen molar-refractivity contribution in [2.24, 2.45) is 11.8 Å². The topological polar surface area (TPSA) is 129 Å². The molecule has 3 rings (SSSR count). The highest BCUT2D eigenvalue weighted by Crippen LogP contribution is 2.28. The molecule has 2 amide bonds. The fraction of sp³-hybridized carbons (Fsp3) is 0.778. The number of alkyl carbamates (subject to hydrolysis) is 2. The van der Waals surface area contributed by atoms with Gasteiger partial charge in [0.1, 0.15) is 25.4 Å². The number of rotatable bonds is 8. The van der Waals surface area contributed by atoms with Gasteiger partial charge >= 0.3 is 22.8 Å². The van der Waals surface area contributed by atoms with Crippen LogP contribution in [-0.2, 0) is 18.9 Å². The maximum atomic E-state index is 11.8. The van der Waals surface area contributed by atoms with Crippen LogP contribution in [0.5, 0.6) is 0 Å². The minimum absolute atomic E-state index is 0.0582. The molecule has 3 aliphatic rings. The normalized spacial score (nSPS) is 28.4. The molecule has 2 heterocycles. The molecule has 2 aliphatic heterocycles. The van der Waals surface area contributed by atoms with Crippen molar-refractivity contribution in [1.29, 1.82) is 0 Å². The molecule has 3 fully saturated rings. The highest BCUT2D eigenvalue weighted by molar-refractivity contribution is 8.13. The van der Waals surface area contributed by atoms with Crippen molar-refractivity contribution in [2.45, 2.75) is 37.9 Å². The number of nitrogens with one attached hydrogen (secondary N) is 2. The van der Waals surface area contributed by atoms with Gasteiger partial charge in [0, 0.05) is 24.6 Å². The van der Waals surface area contributed by atoms with E-state index in [0.29, 0.717) is 36.4 Å². The van der Waals surface area contributed by atoms with Crippen molar-refractivity contribution in [3.05, 3.63) is 0 Å². The summed E-state index contributed by atoms with van der Waals surface area (Å²) in [6.45, 7) is 1.12. The second-order valence-electron chi connectivity index (χ2n) is 7.46. The molecular weight excluding hydrogens is 436 g/mol. The third kappa shape index (κ3) is 7.78. The van der Waals surface area contributed by atoms with Gasteiger partial charge in [-0.25, -0.2) is 19.2 Å². The Kier molecular flexibility index (Phi) is 8.79. The molecule has 30 heavy (non-hydrogen) atoms. The average Bonchev–Trinajstić information content (AvgIpc) is 3.35. The van der Waals surface area contributed by atoms with Crippen LogP contribution < -0.4 is 10.6 Å². The van der Waals surface area contributed by atoms with Gasteiger partial charge in [-0.15, -0.1) is 0 Å². The number of hydrogen-bond donors (Lipinski definition) is 2. The summed E-state index contributed by atoms with van der Waals surface area (Å²) >= 11 is 2.15. The van der Waals surface area contributed by atoms with Crippen LogP contribution in [0.25, 0.3) is 0 Å². The van der Waals surface area contributed by atoms with Gasteiger partial charge in [0.2, 0.25) is 0 Å². The Morgan fingerprint density at radius 1 is 0.867 bits per heavy atom. The van der Waals surface area contributed by atoms with Gasteiger partial charge in [-0.3, -0.25) is 0 Å². The first-order chi connectivity index (χ1) is 14.5. The standard InChI is InChI=1S/C18H26N2O8S2/c21-15(25-7-13-9-29-17(23)27-13)19-5-11-2-1-3-12(4-11)6-20-16(22)26-8-14-10-30-18(24)28-14/h11-14H,1-10H2,(H,19,21)(H,20,22). The van der Waals surface area contributed by atoms with E-state index >= 15 is 0 Å². The first-order valence-corrected chi connectivity index (χ1v) is 11.9. The molecule has 0 bridgehead atoms. The van der Waals surface area contributed by atoms with Gasteiger partial charge in [-0.2, -0.15) is 0 Å². The lowest BCUT2D eigenvalue weighted by molar-refractivity contribution is 0.0717. The number of carbonyl (C=O) groups excluding carboxylic acids is 4. The number of amides is 2. The molecule has 1 saturated carbocycles. The van der Waals surface area contributed by atoms with Gasteiger partial charge in [0.15, 0.2) is 0 Å². The number of ether oxygens (including phenoxy) is 4. The van der Waals surface area contributed by atoms with E-state index in [4.69, 9.17) is 18.9 Å². The van der Waals surface area contributed by atoms with Crippen LogP contribution in [0.1, 0.15) is 25.7 Å². The lowest BCUT2D eigenvalue weighted by atomic mass is 9.81. The Bertz CT molecular complexity index is 598. The quantitative estimate of drug-likeness (QED) is 0.410. The van der Waals surface area contributed by atoms with Crippen molar-refractivity contribution in [1.82, 2.24) is 10.6 Å². The third-order valence-corrected chi connectivity index (χ3v) is 6.80. The third-order valence-electron chi connectivity index (χ3n) is 5.06. The van der Waals surface area contributed by atoms with Crippen LogP contribution in [0.2, 0.25) is 0 Å². The lowest BCUT2D eigenvalue weighted by Crippen LogP contribution is -2.37. The highest BCUT2D eigenvalue weighted by Gasteiger charge is 2.27. The first kappa shape index (κ1) is 22.9. The van der Waals surface area contributed by atoms with Gasteiger partial charge in [0.05, 0.1) is 0 Å². The Balaban J connectivity index is 1.25. The van der Waals surface area contributed by atoms with E-state index in [9.17, 15) is 19.2 Å². The summed E-state index contributed by atoms with van der Waals surface area (Å²) in [6, 6.07) is 0. The van der Waals surface area contributed by atoms with E-state index in [1.54, 1.807) is 0 Å². The number of thioether (sulfide) groups is 2. The van der Waals surface area contributed by atoms with E-state index in [1.165, 1.54) is 0 Å². The van der Waals surface area contributed by atoms with Crippen molar-refractivity contribution >= 4 is 46.3 Å². The van der Waals surface area contributed by atoms with E-state index in [0.717, 1.165) is 49.2 Å². The van der Waals surface area contributed by atoms with Gasteiger partial charge < -0.3 is 29.6 Å². The van der Waals surface area contributed by atoms with Crippen LogP contribution in [0.4, 0.5) is 19.2 Å². The maximum absolute atomic E-state index is 11.8. The fourth-order valence-corrected chi connectivity index (χ4v) is 4.94. The zero-order valence-corrected chi connectivity index (χ0v) is 18.1. The van der Waals surface area contributed by atoms with Crippen LogP contribution in [0.3, 0.4) is 0 Å². The molecule has 168 valence electrons. The number of carbonyl (C=O) groups is 4. The predicted molar refractivity (Wildman–Crippen MR) is 110 cm³/mol.